The van der Waals surface area contributed by atoms with Gasteiger partial charge in [0.15, 0.2) is 11.5 Å². The molecule has 1 aliphatic rings. The molecular formula is C21H22N4O3. The SMILES string of the molecule is CCN(/C=C(/C#N)C(=O)NCc1ccc2c(c1)OCO2)CCc1ccncc1. The van der Waals surface area contributed by atoms with Gasteiger partial charge in [-0.25, -0.2) is 0 Å². The maximum atomic E-state index is 12.4. The van der Waals surface area contributed by atoms with Crippen LogP contribution in [0.2, 0.25) is 0 Å². The van der Waals surface area contributed by atoms with Crippen LogP contribution in [0.4, 0.5) is 0 Å². The second-order valence-electron chi connectivity index (χ2n) is 6.26. The maximum absolute atomic E-state index is 12.4. The van der Waals surface area contributed by atoms with Gasteiger partial charge in [0.25, 0.3) is 5.91 Å². The van der Waals surface area contributed by atoms with E-state index in [0.29, 0.717) is 31.1 Å². The van der Waals surface area contributed by atoms with Crippen molar-refractivity contribution >= 4 is 5.91 Å². The second-order valence-corrected chi connectivity index (χ2v) is 6.26. The maximum Gasteiger partial charge on any atom is 0.263 e. The molecule has 0 radical (unpaired) electrons. The minimum absolute atomic E-state index is 0.0809. The van der Waals surface area contributed by atoms with Crippen molar-refractivity contribution in [3.63, 3.8) is 0 Å². The van der Waals surface area contributed by atoms with Gasteiger partial charge in [0.1, 0.15) is 11.6 Å². The fourth-order valence-corrected chi connectivity index (χ4v) is 2.79. The number of carbonyl (C=O) groups is 1. The van der Waals surface area contributed by atoms with Crippen LogP contribution in [0.25, 0.3) is 0 Å². The number of ether oxygens (including phenoxy) is 2. The highest BCUT2D eigenvalue weighted by Gasteiger charge is 2.15. The number of carbonyl (C=O) groups excluding carboxylic acids is 1. The van der Waals surface area contributed by atoms with Crippen molar-refractivity contribution < 1.29 is 14.3 Å². The molecule has 1 aromatic heterocycles. The topological polar surface area (TPSA) is 87.5 Å². The molecule has 0 fully saturated rings. The normalized spacial score (nSPS) is 12.4. The van der Waals surface area contributed by atoms with E-state index in [1.807, 2.05) is 48.2 Å². The van der Waals surface area contributed by atoms with Gasteiger partial charge in [0.2, 0.25) is 6.79 Å². The summed E-state index contributed by atoms with van der Waals surface area (Å²) in [6.07, 6.45) is 5.94. The van der Waals surface area contributed by atoms with Gasteiger partial charge in [0, 0.05) is 38.2 Å². The highest BCUT2D eigenvalue weighted by molar-refractivity contribution is 5.97. The van der Waals surface area contributed by atoms with Crippen molar-refractivity contribution in [3.8, 4) is 17.6 Å². The molecule has 2 aromatic rings. The van der Waals surface area contributed by atoms with Crippen LogP contribution in [-0.2, 0) is 17.8 Å². The number of fused-ring (bicyclic) bond motifs is 1. The van der Waals surface area contributed by atoms with Crippen molar-refractivity contribution in [2.24, 2.45) is 0 Å². The predicted molar refractivity (Wildman–Crippen MR) is 103 cm³/mol. The Morgan fingerprint density at radius 2 is 2.04 bits per heavy atom. The number of nitriles is 1. The number of benzene rings is 1. The molecule has 1 aromatic carbocycles. The first kappa shape index (κ1) is 19.2. The largest absolute Gasteiger partial charge is 0.454 e. The number of nitrogens with one attached hydrogen (secondary N) is 1. The molecular weight excluding hydrogens is 356 g/mol. The molecule has 0 bridgehead atoms. The number of likely N-dealkylation sites (N-methyl/N-ethyl adjacent to an activating group) is 1. The summed E-state index contributed by atoms with van der Waals surface area (Å²) in [5, 5.41) is 12.2. The molecule has 0 saturated heterocycles. The molecule has 1 amide bonds. The molecule has 144 valence electrons. The molecule has 1 aliphatic heterocycles. The third-order valence-corrected chi connectivity index (χ3v) is 4.41. The van der Waals surface area contributed by atoms with Gasteiger partial charge in [-0.15, -0.1) is 0 Å². The van der Waals surface area contributed by atoms with E-state index in [0.717, 1.165) is 17.5 Å². The van der Waals surface area contributed by atoms with Crippen molar-refractivity contribution in [2.45, 2.75) is 19.9 Å². The molecule has 7 nitrogen and oxygen atoms in total. The van der Waals surface area contributed by atoms with Gasteiger partial charge in [-0.1, -0.05) is 6.07 Å². The third kappa shape index (κ3) is 5.01. The van der Waals surface area contributed by atoms with E-state index < -0.39 is 5.91 Å². The number of nitrogens with zero attached hydrogens (tertiary/aromatic N) is 3. The fraction of sp³-hybridized carbons (Fsp3) is 0.286. The summed E-state index contributed by atoms with van der Waals surface area (Å²) in [4.78, 5) is 18.4. The Kier molecular flexibility index (Phi) is 6.47. The van der Waals surface area contributed by atoms with E-state index in [9.17, 15) is 10.1 Å². The highest BCUT2D eigenvalue weighted by Crippen LogP contribution is 2.32. The number of rotatable bonds is 8. The number of pyridine rings is 1. The summed E-state index contributed by atoms with van der Waals surface area (Å²) < 4.78 is 10.6. The lowest BCUT2D eigenvalue weighted by molar-refractivity contribution is -0.117. The summed E-state index contributed by atoms with van der Waals surface area (Å²) >= 11 is 0. The zero-order valence-electron chi connectivity index (χ0n) is 15.7. The Morgan fingerprint density at radius 1 is 1.25 bits per heavy atom. The first-order valence-corrected chi connectivity index (χ1v) is 9.11. The molecule has 2 heterocycles. The summed E-state index contributed by atoms with van der Waals surface area (Å²) in [6.45, 7) is 3.91. The van der Waals surface area contributed by atoms with Gasteiger partial charge >= 0.3 is 0 Å². The Balaban J connectivity index is 1.57. The van der Waals surface area contributed by atoms with E-state index in [1.54, 1.807) is 18.6 Å². The predicted octanol–water partition coefficient (Wildman–Crippen LogP) is 2.40. The number of aromatic nitrogens is 1. The molecule has 28 heavy (non-hydrogen) atoms. The highest BCUT2D eigenvalue weighted by atomic mass is 16.7. The zero-order valence-corrected chi connectivity index (χ0v) is 15.7. The minimum Gasteiger partial charge on any atom is -0.454 e. The smallest absolute Gasteiger partial charge is 0.263 e. The van der Waals surface area contributed by atoms with Gasteiger partial charge < -0.3 is 19.7 Å². The van der Waals surface area contributed by atoms with E-state index in [1.165, 1.54) is 0 Å². The van der Waals surface area contributed by atoms with Gasteiger partial charge in [-0.3, -0.25) is 9.78 Å². The average Bonchev–Trinajstić information content (AvgIpc) is 3.21. The number of hydrogen-bond donors (Lipinski definition) is 1. The molecule has 0 aliphatic carbocycles. The lowest BCUT2D eigenvalue weighted by Crippen LogP contribution is -2.27. The van der Waals surface area contributed by atoms with Crippen molar-refractivity contribution in [1.82, 2.24) is 15.2 Å². The molecule has 0 unspecified atom stereocenters. The quantitative estimate of drug-likeness (QED) is 0.561. The average molecular weight is 378 g/mol. The van der Waals surface area contributed by atoms with Gasteiger partial charge in [-0.2, -0.15) is 5.26 Å². The van der Waals surface area contributed by atoms with Crippen LogP contribution in [0.1, 0.15) is 18.1 Å². The minimum atomic E-state index is -0.400. The van der Waals surface area contributed by atoms with Crippen molar-refractivity contribution in [2.75, 3.05) is 19.9 Å². The number of hydrogen-bond acceptors (Lipinski definition) is 6. The zero-order chi connectivity index (χ0) is 19.8. The molecule has 0 atom stereocenters. The van der Waals surface area contributed by atoms with Crippen molar-refractivity contribution in [1.29, 1.82) is 5.26 Å². The van der Waals surface area contributed by atoms with E-state index in [-0.39, 0.29) is 12.4 Å². The van der Waals surface area contributed by atoms with E-state index in [4.69, 9.17) is 9.47 Å². The first-order valence-electron chi connectivity index (χ1n) is 9.11. The number of amides is 1. The van der Waals surface area contributed by atoms with E-state index >= 15 is 0 Å². The summed E-state index contributed by atoms with van der Waals surface area (Å²) in [7, 11) is 0. The molecule has 0 spiro atoms. The molecule has 1 N–H and O–H groups in total. The summed E-state index contributed by atoms with van der Waals surface area (Å²) in [5.74, 6) is 0.957. The lowest BCUT2D eigenvalue weighted by Gasteiger charge is -2.18. The molecule has 7 heteroatoms. The summed E-state index contributed by atoms with van der Waals surface area (Å²) in [6, 6.07) is 11.4. The third-order valence-electron chi connectivity index (χ3n) is 4.41. The van der Waals surface area contributed by atoms with Gasteiger partial charge in [0.05, 0.1) is 0 Å². The Hall–Kier alpha value is -3.53. The Bertz CT molecular complexity index is 890. The Morgan fingerprint density at radius 3 is 2.79 bits per heavy atom. The van der Waals surface area contributed by atoms with Crippen LogP contribution in [0.3, 0.4) is 0 Å². The van der Waals surface area contributed by atoms with Crippen molar-refractivity contribution in [3.05, 3.63) is 65.6 Å². The van der Waals surface area contributed by atoms with Crippen LogP contribution >= 0.6 is 0 Å². The Labute approximate surface area is 164 Å². The van der Waals surface area contributed by atoms with Crippen LogP contribution in [0, 0.1) is 11.3 Å². The first-order chi connectivity index (χ1) is 13.7. The van der Waals surface area contributed by atoms with Crippen LogP contribution in [0.15, 0.2) is 54.5 Å². The van der Waals surface area contributed by atoms with Crippen LogP contribution in [0.5, 0.6) is 11.5 Å². The summed E-state index contributed by atoms with van der Waals surface area (Å²) in [5.41, 5.74) is 2.12. The standard InChI is InChI=1S/C21H22N4O3/c1-2-25(10-7-16-5-8-23-9-6-16)14-18(12-22)21(26)24-13-17-3-4-19-20(11-17)28-15-27-19/h3-6,8-9,11,14H,2,7,10,13,15H2,1H3,(H,24,26)/b18-14-. The lowest BCUT2D eigenvalue weighted by atomic mass is 10.2. The fourth-order valence-electron chi connectivity index (χ4n) is 2.79. The van der Waals surface area contributed by atoms with Crippen LogP contribution < -0.4 is 14.8 Å². The molecule has 3 rings (SSSR count). The van der Waals surface area contributed by atoms with Gasteiger partial charge in [-0.05, 0) is 48.7 Å². The molecule has 0 saturated carbocycles. The monoisotopic (exact) mass is 378 g/mol. The van der Waals surface area contributed by atoms with Crippen LogP contribution in [-0.4, -0.2) is 35.7 Å². The second kappa shape index (κ2) is 9.42. The van der Waals surface area contributed by atoms with E-state index in [2.05, 4.69) is 10.3 Å².